The van der Waals surface area contributed by atoms with Crippen molar-refractivity contribution in [1.29, 1.82) is 0 Å². The molecule has 5 N–H and O–H groups in total. The number of rotatable bonds is 10. The molecule has 12 heteroatoms. The molecule has 0 bridgehead atoms. The van der Waals surface area contributed by atoms with E-state index < -0.39 is 64.6 Å². The summed E-state index contributed by atoms with van der Waals surface area (Å²) < 4.78 is 5.18. The van der Waals surface area contributed by atoms with Crippen LogP contribution in [-0.2, 0) is 28.7 Å². The van der Waals surface area contributed by atoms with Crippen molar-refractivity contribution < 1.29 is 33.5 Å². The molecular formula is C30H53N5O7. The van der Waals surface area contributed by atoms with Gasteiger partial charge in [0.2, 0.25) is 17.6 Å². The number of ether oxygens (including phenoxy) is 1. The van der Waals surface area contributed by atoms with Crippen LogP contribution in [-0.4, -0.2) is 77.2 Å². The maximum absolute atomic E-state index is 13.7. The number of ketones is 1. The summed E-state index contributed by atoms with van der Waals surface area (Å²) in [6.07, 6.45) is 2.70. The van der Waals surface area contributed by atoms with Gasteiger partial charge in [0.15, 0.2) is 0 Å². The number of urea groups is 1. The molecule has 2 rings (SSSR count). The smallest absolute Gasteiger partial charge is 0.325 e. The highest BCUT2D eigenvalue weighted by molar-refractivity contribution is 6.37. The average Bonchev–Trinajstić information content (AvgIpc) is 3.55. The number of carbonyl (C=O) groups excluding carboxylic acids is 6. The van der Waals surface area contributed by atoms with Crippen molar-refractivity contribution in [3.63, 3.8) is 0 Å². The van der Waals surface area contributed by atoms with Gasteiger partial charge < -0.3 is 31.3 Å². The first-order chi connectivity index (χ1) is 19.1. The van der Waals surface area contributed by atoms with Gasteiger partial charge in [-0.3, -0.25) is 24.0 Å². The Hall–Kier alpha value is -3.18. The summed E-state index contributed by atoms with van der Waals surface area (Å²) in [7, 11) is 0. The standard InChI is InChI=1S/C26H43N5O7.C4H10/c1-14-10-11-31(18(14)22(35)29-16(12-15-8-9-15)19(33)21(27)34)23(36)20(25(2,3)4)30-24(37)28-13-17(32)38-26(5,6)7;1-4(2)3/h14-16,18,20H,8-13H2,1-7H3,(H2,27,34)(H,29,35)(H2,28,30,37);4H,1-3H3/t14-,16?,18?,20?;/m0./s1. The highest BCUT2D eigenvalue weighted by atomic mass is 16.6. The lowest BCUT2D eigenvalue weighted by molar-refractivity contribution is -0.153. The molecular weight excluding hydrogens is 542 g/mol. The fourth-order valence-electron chi connectivity index (χ4n) is 4.47. The topological polar surface area (TPSA) is 177 Å². The van der Waals surface area contributed by atoms with Crippen LogP contribution in [0.15, 0.2) is 0 Å². The summed E-state index contributed by atoms with van der Waals surface area (Å²) in [6, 6.07) is -3.67. The third-order valence-electron chi connectivity index (χ3n) is 6.60. The van der Waals surface area contributed by atoms with E-state index in [1.54, 1.807) is 41.5 Å². The lowest BCUT2D eigenvalue weighted by atomic mass is 9.85. The summed E-state index contributed by atoms with van der Waals surface area (Å²) in [5.41, 5.74) is 3.75. The molecule has 2 aliphatic rings. The predicted octanol–water partition coefficient (Wildman–Crippen LogP) is 2.28. The molecule has 0 spiro atoms. The first kappa shape index (κ1) is 36.8. The van der Waals surface area contributed by atoms with Crippen LogP contribution >= 0.6 is 0 Å². The molecule has 1 aliphatic carbocycles. The molecule has 2 fully saturated rings. The Kier molecular flexibility index (Phi) is 13.5. The van der Waals surface area contributed by atoms with Crippen molar-refractivity contribution in [3.8, 4) is 0 Å². The van der Waals surface area contributed by atoms with E-state index in [2.05, 4.69) is 36.7 Å². The Bertz CT molecular complexity index is 992. The van der Waals surface area contributed by atoms with E-state index in [1.165, 1.54) is 4.90 Å². The van der Waals surface area contributed by atoms with Gasteiger partial charge in [-0.05, 0) is 56.8 Å². The SMILES string of the molecule is CC(C)C.C[C@H]1CCN(C(=O)C(NC(=O)NCC(=O)OC(C)(C)C)C(C)(C)C)C1C(=O)NC(CC1CC1)C(=O)C(N)=O. The summed E-state index contributed by atoms with van der Waals surface area (Å²) >= 11 is 0. The van der Waals surface area contributed by atoms with Crippen LogP contribution in [0.1, 0.15) is 94.9 Å². The molecule has 12 nitrogen and oxygen atoms in total. The van der Waals surface area contributed by atoms with Crippen LogP contribution in [0.4, 0.5) is 4.79 Å². The number of nitrogens with two attached hydrogens (primary N) is 1. The third kappa shape index (κ3) is 12.8. The predicted molar refractivity (Wildman–Crippen MR) is 159 cm³/mol. The number of hydrogen-bond acceptors (Lipinski definition) is 7. The zero-order valence-electron chi connectivity index (χ0n) is 27.1. The Morgan fingerprint density at radius 2 is 1.48 bits per heavy atom. The fraction of sp³-hybridized carbons (Fsp3) is 0.800. The zero-order valence-corrected chi connectivity index (χ0v) is 27.1. The molecule has 1 heterocycles. The molecule has 0 aromatic heterocycles. The van der Waals surface area contributed by atoms with Crippen molar-refractivity contribution in [2.24, 2.45) is 28.9 Å². The Labute approximate surface area is 250 Å². The number of carbonyl (C=O) groups is 6. The molecule has 4 atom stereocenters. The summed E-state index contributed by atoms with van der Waals surface area (Å²) in [5.74, 6) is -2.73. The minimum absolute atomic E-state index is 0.217. The van der Waals surface area contributed by atoms with Crippen LogP contribution in [0.3, 0.4) is 0 Å². The van der Waals surface area contributed by atoms with Gasteiger partial charge >= 0.3 is 12.0 Å². The van der Waals surface area contributed by atoms with Crippen LogP contribution in [0.25, 0.3) is 0 Å². The highest BCUT2D eigenvalue weighted by Crippen LogP contribution is 2.34. The third-order valence-corrected chi connectivity index (χ3v) is 6.60. The average molecular weight is 596 g/mol. The first-order valence-corrected chi connectivity index (χ1v) is 14.8. The van der Waals surface area contributed by atoms with Crippen molar-refractivity contribution in [2.45, 2.75) is 119 Å². The number of likely N-dealkylation sites (tertiary alicyclic amines) is 1. The zero-order chi connectivity index (χ0) is 32.6. The van der Waals surface area contributed by atoms with Crippen LogP contribution in [0, 0.1) is 23.2 Å². The number of hydrogen-bond donors (Lipinski definition) is 4. The van der Waals surface area contributed by atoms with Gasteiger partial charge in [-0.25, -0.2) is 4.79 Å². The first-order valence-electron chi connectivity index (χ1n) is 14.8. The lowest BCUT2D eigenvalue weighted by Crippen LogP contribution is -2.60. The Morgan fingerprint density at radius 1 is 0.929 bits per heavy atom. The number of Topliss-reactive ketones (excluding diaryl/α,β-unsaturated/α-hetero) is 1. The number of esters is 1. The lowest BCUT2D eigenvalue weighted by Gasteiger charge is -2.36. The summed E-state index contributed by atoms with van der Waals surface area (Å²) in [4.78, 5) is 76.9. The van der Waals surface area contributed by atoms with E-state index >= 15 is 0 Å². The van der Waals surface area contributed by atoms with Crippen molar-refractivity contribution >= 4 is 35.5 Å². The monoisotopic (exact) mass is 595 g/mol. The van der Waals surface area contributed by atoms with Crippen LogP contribution < -0.4 is 21.7 Å². The normalized spacial score (nSPS) is 20.0. The molecule has 240 valence electrons. The minimum Gasteiger partial charge on any atom is -0.459 e. The number of primary amides is 1. The van der Waals surface area contributed by atoms with Gasteiger partial charge in [-0.1, -0.05) is 61.3 Å². The largest absolute Gasteiger partial charge is 0.459 e. The second-order valence-electron chi connectivity index (χ2n) is 14.2. The van der Waals surface area contributed by atoms with Gasteiger partial charge in [-0.2, -0.15) is 0 Å². The number of nitrogens with one attached hydrogen (secondary N) is 3. The van der Waals surface area contributed by atoms with Crippen molar-refractivity contribution in [3.05, 3.63) is 0 Å². The quantitative estimate of drug-likeness (QED) is 0.221. The molecule has 1 saturated heterocycles. The molecule has 1 aliphatic heterocycles. The molecule has 0 aromatic rings. The number of nitrogens with zero attached hydrogens (tertiary/aromatic N) is 1. The van der Waals surface area contributed by atoms with E-state index in [9.17, 15) is 28.8 Å². The maximum Gasteiger partial charge on any atom is 0.325 e. The van der Waals surface area contributed by atoms with Crippen molar-refractivity contribution in [1.82, 2.24) is 20.9 Å². The fourth-order valence-corrected chi connectivity index (χ4v) is 4.47. The van der Waals surface area contributed by atoms with Gasteiger partial charge in [-0.15, -0.1) is 0 Å². The van der Waals surface area contributed by atoms with Crippen LogP contribution in [0.5, 0.6) is 0 Å². The van der Waals surface area contributed by atoms with Gasteiger partial charge in [0, 0.05) is 6.54 Å². The number of amides is 5. The second-order valence-corrected chi connectivity index (χ2v) is 14.2. The van der Waals surface area contributed by atoms with Gasteiger partial charge in [0.25, 0.3) is 5.91 Å². The molecule has 3 unspecified atom stereocenters. The molecule has 1 saturated carbocycles. The Balaban J connectivity index is 0.00000206. The van der Waals surface area contributed by atoms with E-state index in [0.717, 1.165) is 18.8 Å². The van der Waals surface area contributed by atoms with Gasteiger partial charge in [0.1, 0.15) is 24.2 Å². The van der Waals surface area contributed by atoms with E-state index in [4.69, 9.17) is 10.5 Å². The summed E-state index contributed by atoms with van der Waals surface area (Å²) in [6.45, 7) is 18.7. The minimum atomic E-state index is -1.11. The molecule has 42 heavy (non-hydrogen) atoms. The van der Waals surface area contributed by atoms with E-state index in [1.807, 2.05) is 6.92 Å². The van der Waals surface area contributed by atoms with Gasteiger partial charge in [0.05, 0.1) is 6.04 Å². The summed E-state index contributed by atoms with van der Waals surface area (Å²) in [5, 5.41) is 7.71. The maximum atomic E-state index is 13.7. The molecule has 0 aromatic carbocycles. The van der Waals surface area contributed by atoms with E-state index in [0.29, 0.717) is 12.8 Å². The van der Waals surface area contributed by atoms with E-state index in [-0.39, 0.29) is 24.9 Å². The van der Waals surface area contributed by atoms with Crippen LogP contribution in [0.2, 0.25) is 0 Å². The highest BCUT2D eigenvalue weighted by Gasteiger charge is 2.46. The second kappa shape index (κ2) is 15.3. The Morgan fingerprint density at radius 3 is 1.93 bits per heavy atom. The molecule has 0 radical (unpaired) electrons. The molecule has 5 amide bonds. The van der Waals surface area contributed by atoms with Crippen molar-refractivity contribution in [2.75, 3.05) is 13.1 Å².